The van der Waals surface area contributed by atoms with Gasteiger partial charge in [0, 0.05) is 25.0 Å². The van der Waals surface area contributed by atoms with Crippen molar-refractivity contribution >= 4 is 29.9 Å². The van der Waals surface area contributed by atoms with Gasteiger partial charge in [0.1, 0.15) is 0 Å². The Morgan fingerprint density at radius 1 is 1.23 bits per heavy atom. The molecule has 0 spiro atoms. The Bertz CT molecular complexity index is 486. The van der Waals surface area contributed by atoms with Gasteiger partial charge in [-0.2, -0.15) is 0 Å². The number of hydrogen-bond acceptors (Lipinski definition) is 1. The highest BCUT2D eigenvalue weighted by Crippen LogP contribution is 2.16. The predicted molar refractivity (Wildman–Crippen MR) is 106 cm³/mol. The fourth-order valence-electron chi connectivity index (χ4n) is 2.48. The summed E-state index contributed by atoms with van der Waals surface area (Å²) in [5.41, 5.74) is 2.65. The maximum absolute atomic E-state index is 4.74. The Balaban J connectivity index is 0.00000242. The fourth-order valence-corrected chi connectivity index (χ4v) is 2.48. The van der Waals surface area contributed by atoms with Crippen LogP contribution in [0.5, 0.6) is 0 Å². The summed E-state index contributed by atoms with van der Waals surface area (Å²) < 4.78 is 0. The van der Waals surface area contributed by atoms with Crippen LogP contribution in [0.25, 0.3) is 0 Å². The van der Waals surface area contributed by atoms with Gasteiger partial charge in [-0.25, -0.2) is 0 Å². The van der Waals surface area contributed by atoms with E-state index in [1.165, 1.54) is 11.1 Å². The smallest absolute Gasteiger partial charge is 0.191 e. The van der Waals surface area contributed by atoms with E-state index in [1.54, 1.807) is 0 Å². The number of hydrogen-bond donors (Lipinski definition) is 2. The van der Waals surface area contributed by atoms with Crippen LogP contribution in [0, 0.1) is 6.92 Å². The summed E-state index contributed by atoms with van der Waals surface area (Å²) in [6.07, 6.45) is 6.65. The van der Waals surface area contributed by atoms with Gasteiger partial charge in [-0.15, -0.1) is 24.0 Å². The number of benzene rings is 1. The van der Waals surface area contributed by atoms with Gasteiger partial charge in [-0.05, 0) is 32.3 Å². The van der Waals surface area contributed by atoms with Gasteiger partial charge >= 0.3 is 0 Å². The second kappa shape index (κ2) is 9.87. The molecule has 0 aliphatic heterocycles. The maximum Gasteiger partial charge on any atom is 0.191 e. The SMILES string of the molecule is CCNC(=NCC(C)c1ccc(C)cc1)NC1CC=CC1.I. The van der Waals surface area contributed by atoms with Gasteiger partial charge in [0.2, 0.25) is 0 Å². The molecule has 4 heteroatoms. The van der Waals surface area contributed by atoms with Gasteiger partial charge < -0.3 is 10.6 Å². The van der Waals surface area contributed by atoms with Crippen molar-refractivity contribution in [1.82, 2.24) is 10.6 Å². The molecular weight excluding hydrogens is 385 g/mol. The van der Waals surface area contributed by atoms with Crippen molar-refractivity contribution in [3.63, 3.8) is 0 Å². The molecule has 3 nitrogen and oxygen atoms in total. The van der Waals surface area contributed by atoms with Crippen LogP contribution < -0.4 is 10.6 Å². The van der Waals surface area contributed by atoms with Crippen molar-refractivity contribution in [2.24, 2.45) is 4.99 Å². The zero-order valence-corrected chi connectivity index (χ0v) is 16.1. The lowest BCUT2D eigenvalue weighted by Crippen LogP contribution is -2.42. The largest absolute Gasteiger partial charge is 0.357 e. The molecule has 0 fully saturated rings. The lowest BCUT2D eigenvalue weighted by molar-refractivity contribution is 0.630. The summed E-state index contributed by atoms with van der Waals surface area (Å²) in [6, 6.07) is 9.25. The summed E-state index contributed by atoms with van der Waals surface area (Å²) in [7, 11) is 0. The third-order valence-corrected chi connectivity index (χ3v) is 3.86. The predicted octanol–water partition coefficient (Wildman–Crippen LogP) is 3.99. The molecule has 1 unspecified atom stereocenters. The average molecular weight is 413 g/mol. The minimum absolute atomic E-state index is 0. The van der Waals surface area contributed by atoms with Crippen LogP contribution in [-0.2, 0) is 0 Å². The Morgan fingerprint density at radius 3 is 2.45 bits per heavy atom. The fraction of sp³-hybridized carbons (Fsp3) is 0.500. The summed E-state index contributed by atoms with van der Waals surface area (Å²) >= 11 is 0. The monoisotopic (exact) mass is 413 g/mol. The lowest BCUT2D eigenvalue weighted by atomic mass is 10.0. The third kappa shape index (κ3) is 5.99. The van der Waals surface area contributed by atoms with Crippen LogP contribution >= 0.6 is 24.0 Å². The summed E-state index contributed by atoms with van der Waals surface area (Å²) in [5, 5.41) is 6.85. The normalized spacial score (nSPS) is 16.2. The highest BCUT2D eigenvalue weighted by atomic mass is 127. The van der Waals surface area contributed by atoms with Gasteiger partial charge in [0.15, 0.2) is 5.96 Å². The lowest BCUT2D eigenvalue weighted by Gasteiger charge is -2.18. The molecule has 2 rings (SSSR count). The number of nitrogens with one attached hydrogen (secondary N) is 2. The molecule has 0 amide bonds. The van der Waals surface area contributed by atoms with Crippen molar-refractivity contribution < 1.29 is 0 Å². The number of halogens is 1. The summed E-state index contributed by atoms with van der Waals surface area (Å²) in [5.74, 6) is 1.37. The molecular formula is C18H28IN3. The molecule has 1 aliphatic rings. The van der Waals surface area contributed by atoms with E-state index in [0.717, 1.165) is 31.9 Å². The number of rotatable bonds is 5. The Hall–Kier alpha value is -1.04. The van der Waals surface area contributed by atoms with Crippen LogP contribution in [0.4, 0.5) is 0 Å². The summed E-state index contributed by atoms with van der Waals surface area (Å²) in [4.78, 5) is 4.74. The van der Waals surface area contributed by atoms with E-state index in [1.807, 2.05) is 0 Å². The molecule has 0 aromatic heterocycles. The summed E-state index contributed by atoms with van der Waals surface area (Å²) in [6.45, 7) is 8.15. The molecule has 122 valence electrons. The van der Waals surface area contributed by atoms with Gasteiger partial charge in [0.25, 0.3) is 0 Å². The van der Waals surface area contributed by atoms with Crippen LogP contribution in [0.15, 0.2) is 41.4 Å². The van der Waals surface area contributed by atoms with Crippen LogP contribution in [0.1, 0.15) is 43.7 Å². The van der Waals surface area contributed by atoms with Crippen molar-refractivity contribution in [3.05, 3.63) is 47.5 Å². The second-order valence-corrected chi connectivity index (χ2v) is 5.82. The topological polar surface area (TPSA) is 36.4 Å². The van der Waals surface area contributed by atoms with E-state index in [9.17, 15) is 0 Å². The third-order valence-electron chi connectivity index (χ3n) is 3.86. The van der Waals surface area contributed by atoms with Gasteiger partial charge in [-0.3, -0.25) is 4.99 Å². The number of aliphatic imine (C=N–C) groups is 1. The van der Waals surface area contributed by atoms with Crippen LogP contribution in [0.3, 0.4) is 0 Å². The maximum atomic E-state index is 4.74. The minimum Gasteiger partial charge on any atom is -0.357 e. The molecule has 1 aromatic rings. The van der Waals surface area contributed by atoms with E-state index in [2.05, 4.69) is 67.8 Å². The van der Waals surface area contributed by atoms with E-state index >= 15 is 0 Å². The Kier molecular flexibility index (Phi) is 8.53. The molecule has 0 radical (unpaired) electrons. The first-order valence-electron chi connectivity index (χ1n) is 7.95. The molecule has 0 saturated carbocycles. The van der Waals surface area contributed by atoms with E-state index in [0.29, 0.717) is 12.0 Å². The van der Waals surface area contributed by atoms with Crippen LogP contribution in [-0.4, -0.2) is 25.1 Å². The standard InChI is InChI=1S/C18H27N3.HI/c1-4-19-18(21-17-7-5-6-8-17)20-13-15(3)16-11-9-14(2)10-12-16;/h5-6,9-12,15,17H,4,7-8,13H2,1-3H3,(H2,19,20,21);1H. The first-order chi connectivity index (χ1) is 10.2. The highest BCUT2D eigenvalue weighted by Gasteiger charge is 2.12. The molecule has 0 heterocycles. The molecule has 1 aliphatic carbocycles. The first kappa shape index (κ1) is 19.0. The molecule has 2 N–H and O–H groups in total. The first-order valence-corrected chi connectivity index (χ1v) is 7.95. The van der Waals surface area contributed by atoms with Crippen molar-refractivity contribution in [2.45, 2.75) is 45.6 Å². The Morgan fingerprint density at radius 2 is 1.86 bits per heavy atom. The highest BCUT2D eigenvalue weighted by molar-refractivity contribution is 14.0. The zero-order chi connectivity index (χ0) is 15.1. The number of aryl methyl sites for hydroxylation is 1. The van der Waals surface area contributed by atoms with Gasteiger partial charge in [-0.1, -0.05) is 48.9 Å². The molecule has 1 aromatic carbocycles. The second-order valence-electron chi connectivity index (χ2n) is 5.82. The van der Waals surface area contributed by atoms with Crippen molar-refractivity contribution in [3.8, 4) is 0 Å². The number of nitrogens with zero attached hydrogens (tertiary/aromatic N) is 1. The van der Waals surface area contributed by atoms with Gasteiger partial charge in [0.05, 0.1) is 0 Å². The van der Waals surface area contributed by atoms with Crippen molar-refractivity contribution in [1.29, 1.82) is 0 Å². The quantitative estimate of drug-likeness (QED) is 0.332. The van der Waals surface area contributed by atoms with E-state index < -0.39 is 0 Å². The molecule has 1 atom stereocenters. The Labute approximate surface area is 151 Å². The molecule has 0 saturated heterocycles. The van der Waals surface area contributed by atoms with E-state index in [4.69, 9.17) is 4.99 Å². The molecule has 22 heavy (non-hydrogen) atoms. The molecule has 0 bridgehead atoms. The minimum atomic E-state index is 0. The zero-order valence-electron chi connectivity index (χ0n) is 13.8. The average Bonchev–Trinajstić information content (AvgIpc) is 2.98. The van der Waals surface area contributed by atoms with E-state index in [-0.39, 0.29) is 24.0 Å². The van der Waals surface area contributed by atoms with Crippen molar-refractivity contribution in [2.75, 3.05) is 13.1 Å². The number of guanidine groups is 1. The van der Waals surface area contributed by atoms with Crippen LogP contribution in [0.2, 0.25) is 0 Å².